The van der Waals surface area contributed by atoms with Crippen molar-refractivity contribution in [1.29, 1.82) is 0 Å². The van der Waals surface area contributed by atoms with Gasteiger partial charge in [0.2, 0.25) is 0 Å². The molecule has 0 aliphatic rings. The zero-order valence-electron chi connectivity index (χ0n) is 13.3. The fraction of sp³-hybridized carbons (Fsp3) is 0.167. The van der Waals surface area contributed by atoms with Crippen molar-refractivity contribution in [3.63, 3.8) is 0 Å². The number of hydrogen-bond donors (Lipinski definition) is 1. The standard InChI is InChI=1S/C18H16BrN3O3/c19-14-6-7-15-16(10-14)21-11-17(22(23)24)18(15)20-8-9-25-12-13-4-2-1-3-5-13/h1-7,10-11H,8-9,12H2,(H,20,21). The number of hydrogen-bond acceptors (Lipinski definition) is 5. The summed E-state index contributed by atoms with van der Waals surface area (Å²) >= 11 is 3.39. The minimum Gasteiger partial charge on any atom is -0.377 e. The molecule has 0 bridgehead atoms. The first-order valence-corrected chi connectivity index (χ1v) is 8.52. The highest BCUT2D eigenvalue weighted by Crippen LogP contribution is 2.32. The Morgan fingerprint density at radius 1 is 1.20 bits per heavy atom. The van der Waals surface area contributed by atoms with Crippen LogP contribution >= 0.6 is 15.9 Å². The number of aromatic nitrogens is 1. The fourth-order valence-corrected chi connectivity index (χ4v) is 2.84. The molecule has 128 valence electrons. The van der Waals surface area contributed by atoms with E-state index < -0.39 is 4.92 Å². The normalized spacial score (nSPS) is 10.8. The van der Waals surface area contributed by atoms with Crippen LogP contribution in [0.4, 0.5) is 11.4 Å². The van der Waals surface area contributed by atoms with Gasteiger partial charge in [0.1, 0.15) is 11.9 Å². The number of benzene rings is 2. The molecule has 6 nitrogen and oxygen atoms in total. The Morgan fingerprint density at radius 3 is 2.76 bits per heavy atom. The second kappa shape index (κ2) is 8.04. The second-order valence-electron chi connectivity index (χ2n) is 5.40. The van der Waals surface area contributed by atoms with Crippen LogP contribution in [-0.2, 0) is 11.3 Å². The van der Waals surface area contributed by atoms with Gasteiger partial charge in [-0.25, -0.2) is 4.98 Å². The number of anilines is 1. The average Bonchev–Trinajstić information content (AvgIpc) is 2.61. The number of nitrogens with one attached hydrogen (secondary N) is 1. The van der Waals surface area contributed by atoms with Crippen molar-refractivity contribution in [2.75, 3.05) is 18.5 Å². The summed E-state index contributed by atoms with van der Waals surface area (Å²) in [5.41, 5.74) is 2.20. The third kappa shape index (κ3) is 4.32. The minimum atomic E-state index is -0.429. The number of rotatable bonds is 7. The van der Waals surface area contributed by atoms with Gasteiger partial charge in [0.05, 0.1) is 23.7 Å². The first kappa shape index (κ1) is 17.3. The van der Waals surface area contributed by atoms with E-state index in [9.17, 15) is 10.1 Å². The van der Waals surface area contributed by atoms with Crippen molar-refractivity contribution < 1.29 is 9.66 Å². The second-order valence-corrected chi connectivity index (χ2v) is 6.32. The molecule has 1 heterocycles. The lowest BCUT2D eigenvalue weighted by Crippen LogP contribution is -2.11. The first-order chi connectivity index (χ1) is 12.1. The Labute approximate surface area is 153 Å². The quantitative estimate of drug-likeness (QED) is 0.357. The zero-order chi connectivity index (χ0) is 17.6. The summed E-state index contributed by atoms with van der Waals surface area (Å²) in [7, 11) is 0. The molecular weight excluding hydrogens is 386 g/mol. The molecule has 3 aromatic rings. The molecule has 0 radical (unpaired) electrons. The van der Waals surface area contributed by atoms with Gasteiger partial charge in [-0.2, -0.15) is 0 Å². The predicted molar refractivity (Wildman–Crippen MR) is 101 cm³/mol. The molecule has 0 spiro atoms. The van der Waals surface area contributed by atoms with E-state index in [-0.39, 0.29) is 5.69 Å². The zero-order valence-corrected chi connectivity index (χ0v) is 14.9. The molecular formula is C18H16BrN3O3. The Hall–Kier alpha value is -2.51. The van der Waals surface area contributed by atoms with Crippen molar-refractivity contribution in [2.24, 2.45) is 0 Å². The van der Waals surface area contributed by atoms with E-state index in [1.807, 2.05) is 48.5 Å². The molecule has 0 saturated heterocycles. The average molecular weight is 402 g/mol. The molecule has 0 unspecified atom stereocenters. The van der Waals surface area contributed by atoms with Gasteiger partial charge in [0, 0.05) is 16.4 Å². The summed E-state index contributed by atoms with van der Waals surface area (Å²) in [5, 5.41) is 15.1. The molecule has 25 heavy (non-hydrogen) atoms. The van der Waals surface area contributed by atoms with Crippen molar-refractivity contribution in [2.45, 2.75) is 6.61 Å². The Balaban J connectivity index is 1.69. The lowest BCUT2D eigenvalue weighted by atomic mass is 10.1. The molecule has 3 rings (SSSR count). The number of nitro groups is 1. The van der Waals surface area contributed by atoms with E-state index in [0.29, 0.717) is 36.3 Å². The van der Waals surface area contributed by atoms with Crippen LogP contribution in [0.2, 0.25) is 0 Å². The van der Waals surface area contributed by atoms with Gasteiger partial charge in [-0.05, 0) is 23.8 Å². The van der Waals surface area contributed by atoms with Gasteiger partial charge < -0.3 is 10.1 Å². The number of fused-ring (bicyclic) bond motifs is 1. The maximum Gasteiger partial charge on any atom is 0.311 e. The van der Waals surface area contributed by atoms with Gasteiger partial charge in [-0.15, -0.1) is 0 Å². The molecule has 0 amide bonds. The van der Waals surface area contributed by atoms with E-state index in [2.05, 4.69) is 26.2 Å². The van der Waals surface area contributed by atoms with E-state index in [0.717, 1.165) is 10.0 Å². The molecule has 1 aromatic heterocycles. The van der Waals surface area contributed by atoms with Gasteiger partial charge in [-0.1, -0.05) is 46.3 Å². The highest BCUT2D eigenvalue weighted by atomic mass is 79.9. The van der Waals surface area contributed by atoms with E-state index in [1.165, 1.54) is 6.20 Å². The molecule has 2 aromatic carbocycles. The monoisotopic (exact) mass is 401 g/mol. The molecule has 0 aliphatic heterocycles. The maximum atomic E-state index is 11.3. The van der Waals surface area contributed by atoms with Crippen LogP contribution in [0.3, 0.4) is 0 Å². The van der Waals surface area contributed by atoms with Gasteiger partial charge >= 0.3 is 5.69 Å². The van der Waals surface area contributed by atoms with E-state index in [4.69, 9.17) is 4.74 Å². The van der Waals surface area contributed by atoms with Crippen molar-refractivity contribution in [3.05, 3.63) is 74.9 Å². The summed E-state index contributed by atoms with van der Waals surface area (Å²) in [5.74, 6) is 0. The molecule has 1 N–H and O–H groups in total. The van der Waals surface area contributed by atoms with Gasteiger partial charge in [0.25, 0.3) is 0 Å². The van der Waals surface area contributed by atoms with Gasteiger partial charge in [0.15, 0.2) is 0 Å². The first-order valence-electron chi connectivity index (χ1n) is 7.73. The van der Waals surface area contributed by atoms with E-state index in [1.54, 1.807) is 0 Å². The third-order valence-corrected chi connectivity index (χ3v) is 4.16. The van der Waals surface area contributed by atoms with Crippen molar-refractivity contribution in [1.82, 2.24) is 4.98 Å². The fourth-order valence-electron chi connectivity index (χ4n) is 2.49. The maximum absolute atomic E-state index is 11.3. The van der Waals surface area contributed by atoms with Crippen LogP contribution in [-0.4, -0.2) is 23.1 Å². The Kier molecular flexibility index (Phi) is 5.57. The lowest BCUT2D eigenvalue weighted by Gasteiger charge is -2.11. The van der Waals surface area contributed by atoms with Crippen LogP contribution in [0.1, 0.15) is 5.56 Å². The highest BCUT2D eigenvalue weighted by Gasteiger charge is 2.17. The summed E-state index contributed by atoms with van der Waals surface area (Å²) in [4.78, 5) is 15.0. The van der Waals surface area contributed by atoms with Crippen LogP contribution in [0.15, 0.2) is 59.2 Å². The number of halogens is 1. The topological polar surface area (TPSA) is 77.3 Å². The van der Waals surface area contributed by atoms with Crippen LogP contribution in [0.5, 0.6) is 0 Å². The third-order valence-electron chi connectivity index (χ3n) is 3.67. The highest BCUT2D eigenvalue weighted by molar-refractivity contribution is 9.10. The molecule has 7 heteroatoms. The summed E-state index contributed by atoms with van der Waals surface area (Å²) in [6.07, 6.45) is 1.28. The minimum absolute atomic E-state index is 0.0436. The summed E-state index contributed by atoms with van der Waals surface area (Å²) in [6, 6.07) is 15.3. The van der Waals surface area contributed by atoms with E-state index >= 15 is 0 Å². The SMILES string of the molecule is O=[N+]([O-])c1cnc2cc(Br)ccc2c1NCCOCc1ccccc1. The smallest absolute Gasteiger partial charge is 0.311 e. The molecule has 0 saturated carbocycles. The number of nitrogens with zero attached hydrogens (tertiary/aromatic N) is 2. The summed E-state index contributed by atoms with van der Waals surface area (Å²) < 4.78 is 6.49. The van der Waals surface area contributed by atoms with Crippen molar-refractivity contribution >= 4 is 38.2 Å². The van der Waals surface area contributed by atoms with Crippen molar-refractivity contribution in [3.8, 4) is 0 Å². The lowest BCUT2D eigenvalue weighted by molar-refractivity contribution is -0.384. The number of pyridine rings is 1. The number of ether oxygens (including phenoxy) is 1. The molecule has 0 atom stereocenters. The largest absolute Gasteiger partial charge is 0.377 e. The molecule has 0 fully saturated rings. The van der Waals surface area contributed by atoms with Crippen LogP contribution in [0.25, 0.3) is 10.9 Å². The Morgan fingerprint density at radius 2 is 2.00 bits per heavy atom. The Bertz CT molecular complexity index is 887. The van der Waals surface area contributed by atoms with Crippen LogP contribution in [0, 0.1) is 10.1 Å². The summed E-state index contributed by atoms with van der Waals surface area (Å²) in [6.45, 7) is 1.41. The molecule has 0 aliphatic carbocycles. The predicted octanol–water partition coefficient (Wildman–Crippen LogP) is 4.53. The van der Waals surface area contributed by atoms with Crippen LogP contribution < -0.4 is 5.32 Å². The van der Waals surface area contributed by atoms with Gasteiger partial charge in [-0.3, -0.25) is 10.1 Å².